The van der Waals surface area contributed by atoms with E-state index in [9.17, 15) is 0 Å². The molecule has 1 aliphatic carbocycles. The molecule has 0 spiro atoms. The molecule has 2 aliphatic rings. The Morgan fingerprint density at radius 1 is 1.21 bits per heavy atom. The predicted molar refractivity (Wildman–Crippen MR) is 59.8 cm³/mol. The predicted octanol–water partition coefficient (Wildman–Crippen LogP) is 0.319. The van der Waals surface area contributed by atoms with Crippen LogP contribution in [-0.2, 0) is 0 Å². The van der Waals surface area contributed by atoms with Gasteiger partial charge in [-0.3, -0.25) is 4.99 Å². The summed E-state index contributed by atoms with van der Waals surface area (Å²) in [6, 6.07) is 4.23. The lowest BCUT2D eigenvalue weighted by Gasteiger charge is -1.97. The molecule has 14 heavy (non-hydrogen) atoms. The lowest BCUT2D eigenvalue weighted by atomic mass is 10.1. The van der Waals surface area contributed by atoms with Crippen molar-refractivity contribution in [3.63, 3.8) is 0 Å². The molecule has 0 atom stereocenters. The van der Waals surface area contributed by atoms with E-state index in [-0.39, 0.29) is 0 Å². The van der Waals surface area contributed by atoms with Crippen LogP contribution in [0.2, 0.25) is 0 Å². The molecule has 1 aliphatic heterocycles. The molecule has 3 rings (SSSR count). The van der Waals surface area contributed by atoms with Crippen LogP contribution in [0.3, 0.4) is 0 Å². The molecule has 0 aromatic heterocycles. The number of rotatable bonds is 1. The van der Waals surface area contributed by atoms with Crippen molar-refractivity contribution in [1.29, 1.82) is 0 Å². The van der Waals surface area contributed by atoms with Gasteiger partial charge in [-0.15, -0.1) is 0 Å². The van der Waals surface area contributed by atoms with Gasteiger partial charge in [-0.25, -0.2) is 0 Å². The van der Waals surface area contributed by atoms with Crippen LogP contribution in [0.25, 0.3) is 18.2 Å². The molecule has 1 aromatic rings. The van der Waals surface area contributed by atoms with Crippen LogP contribution in [0, 0.1) is 0 Å². The van der Waals surface area contributed by atoms with Crippen LogP contribution >= 0.6 is 0 Å². The molecule has 0 saturated heterocycles. The molecule has 2 N–H and O–H groups in total. The second-order valence-corrected chi connectivity index (χ2v) is 3.48. The standard InChI is InChI=1S/C12H10N2/c13-7-10-6-9-5-4-8-2-1-3-11(8)12(9)14-10/h1-6H,7,13H2. The second-order valence-electron chi connectivity index (χ2n) is 3.48. The number of aliphatic imine (C=N–C) groups is 1. The monoisotopic (exact) mass is 182 g/mol. The number of allylic oxidation sites excluding steroid dienone is 1. The van der Waals surface area contributed by atoms with Gasteiger partial charge >= 0.3 is 0 Å². The lowest BCUT2D eigenvalue weighted by Crippen LogP contribution is -2.11. The smallest absolute Gasteiger partial charge is 0.0784 e. The molecule has 2 nitrogen and oxygen atoms in total. The minimum atomic E-state index is 0.511. The van der Waals surface area contributed by atoms with Crippen molar-refractivity contribution in [2.75, 3.05) is 6.54 Å². The third kappa shape index (κ3) is 0.916. The van der Waals surface area contributed by atoms with Crippen LogP contribution in [0.4, 0.5) is 5.69 Å². The number of benzene rings is 1. The van der Waals surface area contributed by atoms with E-state index >= 15 is 0 Å². The van der Waals surface area contributed by atoms with Crippen molar-refractivity contribution in [1.82, 2.24) is 0 Å². The summed E-state index contributed by atoms with van der Waals surface area (Å²) in [6.07, 6.45) is 8.32. The van der Waals surface area contributed by atoms with Crippen LogP contribution in [0.15, 0.2) is 23.2 Å². The molecule has 1 heterocycles. The van der Waals surface area contributed by atoms with E-state index in [1.165, 1.54) is 16.0 Å². The minimum absolute atomic E-state index is 0.511. The zero-order chi connectivity index (χ0) is 9.54. The molecule has 0 fully saturated rings. The average Bonchev–Trinajstić information content (AvgIpc) is 2.82. The highest BCUT2D eigenvalue weighted by Crippen LogP contribution is 2.18. The molecule has 68 valence electrons. The van der Waals surface area contributed by atoms with Crippen LogP contribution in [0.1, 0.15) is 5.56 Å². The van der Waals surface area contributed by atoms with Crippen molar-refractivity contribution in [3.05, 3.63) is 34.2 Å². The highest BCUT2D eigenvalue weighted by Gasteiger charge is 2.10. The van der Waals surface area contributed by atoms with Crippen molar-refractivity contribution in [2.45, 2.75) is 0 Å². The van der Waals surface area contributed by atoms with E-state index in [1.54, 1.807) is 0 Å². The van der Waals surface area contributed by atoms with Crippen LogP contribution in [0.5, 0.6) is 0 Å². The topological polar surface area (TPSA) is 38.4 Å². The van der Waals surface area contributed by atoms with Crippen molar-refractivity contribution in [3.8, 4) is 0 Å². The van der Waals surface area contributed by atoms with Gasteiger partial charge in [0.25, 0.3) is 0 Å². The van der Waals surface area contributed by atoms with Gasteiger partial charge in [0.1, 0.15) is 0 Å². The summed E-state index contributed by atoms with van der Waals surface area (Å²) < 4.78 is 0. The zero-order valence-electron chi connectivity index (χ0n) is 7.70. The molecule has 2 heteroatoms. The molecule has 0 saturated carbocycles. The molecular formula is C12H10N2. The zero-order valence-corrected chi connectivity index (χ0v) is 7.70. The van der Waals surface area contributed by atoms with Gasteiger partial charge < -0.3 is 5.73 Å². The Balaban J connectivity index is 2.36. The number of nitrogens with zero attached hydrogens (tertiary/aromatic N) is 1. The van der Waals surface area contributed by atoms with Gasteiger partial charge in [0.2, 0.25) is 0 Å². The number of fused-ring (bicyclic) bond motifs is 3. The van der Waals surface area contributed by atoms with Gasteiger partial charge in [-0.2, -0.15) is 0 Å². The van der Waals surface area contributed by atoms with E-state index in [0.29, 0.717) is 6.54 Å². The maximum absolute atomic E-state index is 5.57. The van der Waals surface area contributed by atoms with E-state index in [2.05, 4.69) is 41.4 Å². The minimum Gasteiger partial charge on any atom is -0.325 e. The highest BCUT2D eigenvalue weighted by molar-refractivity contribution is 6.15. The highest BCUT2D eigenvalue weighted by atomic mass is 14.8. The fourth-order valence-corrected chi connectivity index (χ4v) is 1.91. The first-order valence-electron chi connectivity index (χ1n) is 4.69. The second kappa shape index (κ2) is 2.66. The SMILES string of the molecule is NCC1=Nc2c3c(ccc2=C1)=CC=C3. The van der Waals surface area contributed by atoms with Gasteiger partial charge in [0.05, 0.1) is 11.4 Å². The van der Waals surface area contributed by atoms with Gasteiger partial charge in [-0.1, -0.05) is 30.4 Å². The Morgan fingerprint density at radius 3 is 2.93 bits per heavy atom. The molecule has 0 radical (unpaired) electrons. The van der Waals surface area contributed by atoms with Gasteiger partial charge in [-0.05, 0) is 11.3 Å². The Morgan fingerprint density at radius 2 is 2.07 bits per heavy atom. The Labute approximate surface area is 81.8 Å². The Bertz CT molecular complexity index is 577. The number of hydrogen-bond acceptors (Lipinski definition) is 2. The van der Waals surface area contributed by atoms with Crippen molar-refractivity contribution in [2.24, 2.45) is 10.7 Å². The largest absolute Gasteiger partial charge is 0.325 e. The summed E-state index contributed by atoms with van der Waals surface area (Å²) in [6.45, 7) is 0.511. The number of hydrogen-bond donors (Lipinski definition) is 1. The summed E-state index contributed by atoms with van der Waals surface area (Å²) in [5, 5.41) is 2.43. The summed E-state index contributed by atoms with van der Waals surface area (Å²) in [5.74, 6) is 0. The van der Waals surface area contributed by atoms with E-state index in [0.717, 1.165) is 11.4 Å². The first kappa shape index (κ1) is 7.71. The first-order chi connectivity index (χ1) is 6.88. The lowest BCUT2D eigenvalue weighted by molar-refractivity contribution is 1.31. The van der Waals surface area contributed by atoms with E-state index in [1.807, 2.05) is 0 Å². The van der Waals surface area contributed by atoms with Crippen LogP contribution in [-0.4, -0.2) is 12.3 Å². The quantitative estimate of drug-likeness (QED) is 0.667. The summed E-state index contributed by atoms with van der Waals surface area (Å²) in [7, 11) is 0. The molecule has 1 aromatic carbocycles. The molecule has 0 unspecified atom stereocenters. The average molecular weight is 182 g/mol. The van der Waals surface area contributed by atoms with E-state index < -0.39 is 0 Å². The Kier molecular flexibility index (Phi) is 1.46. The number of nitrogens with two attached hydrogens (primary N) is 1. The maximum Gasteiger partial charge on any atom is 0.0784 e. The van der Waals surface area contributed by atoms with Crippen molar-refractivity contribution >= 4 is 29.6 Å². The van der Waals surface area contributed by atoms with Gasteiger partial charge in [0, 0.05) is 17.3 Å². The van der Waals surface area contributed by atoms with Crippen molar-refractivity contribution < 1.29 is 0 Å². The van der Waals surface area contributed by atoms with Gasteiger partial charge in [0.15, 0.2) is 0 Å². The molecule has 0 bridgehead atoms. The summed E-state index contributed by atoms with van der Waals surface area (Å²) >= 11 is 0. The third-order valence-electron chi connectivity index (χ3n) is 2.61. The summed E-state index contributed by atoms with van der Waals surface area (Å²) in [4.78, 5) is 4.51. The van der Waals surface area contributed by atoms with Crippen LogP contribution < -0.4 is 16.2 Å². The Hall–Kier alpha value is -1.67. The molecule has 0 amide bonds. The first-order valence-corrected chi connectivity index (χ1v) is 4.69. The fraction of sp³-hybridized carbons (Fsp3) is 0.0833. The molecular weight excluding hydrogens is 172 g/mol. The summed E-state index contributed by atoms with van der Waals surface area (Å²) in [5.41, 5.74) is 8.84. The van der Waals surface area contributed by atoms with E-state index in [4.69, 9.17) is 5.73 Å². The normalized spacial score (nSPS) is 15.6. The fourth-order valence-electron chi connectivity index (χ4n) is 1.91. The maximum atomic E-state index is 5.57. The third-order valence-corrected chi connectivity index (χ3v) is 2.61.